The average molecular weight is 608 g/mol. The number of fused-ring (bicyclic) bond motifs is 2. The number of nitrogens with zero attached hydrogens (tertiary/aromatic N) is 4. The van der Waals surface area contributed by atoms with Crippen LogP contribution >= 0.6 is 31.9 Å². The Morgan fingerprint density at radius 2 is 1.03 bits per heavy atom. The van der Waals surface area contributed by atoms with Crippen molar-refractivity contribution in [2.24, 2.45) is 0 Å². The minimum absolute atomic E-state index is 0.827. The van der Waals surface area contributed by atoms with E-state index in [0.29, 0.717) is 0 Å². The Kier molecular flexibility index (Phi) is 7.92. The fourth-order valence-corrected chi connectivity index (χ4v) is 5.34. The summed E-state index contributed by atoms with van der Waals surface area (Å²) in [5.41, 5.74) is 7.07. The number of halogens is 2. The van der Waals surface area contributed by atoms with Gasteiger partial charge < -0.3 is 9.13 Å². The van der Waals surface area contributed by atoms with E-state index in [2.05, 4.69) is 116 Å². The van der Waals surface area contributed by atoms with E-state index in [9.17, 15) is 0 Å². The van der Waals surface area contributed by atoms with Gasteiger partial charge in [-0.3, -0.25) is 0 Å². The van der Waals surface area contributed by atoms with Crippen LogP contribution in [0.1, 0.15) is 62.3 Å². The number of hydrogen-bond acceptors (Lipinski definition) is 2. The second kappa shape index (κ2) is 11.3. The standard InChI is InChI=1S/C30H32Br2N4/c1-3-5-15-35-27-20-28-26(19-25(27)33-29(35)17-21-7-11-23(31)12-8-21)34-30(36(28)16-6-4-2)18-22-9-13-24(32)14-10-22/h7-14,19-20H,3-6,15-18H2,1-2H3. The maximum absolute atomic E-state index is 5.12. The molecule has 5 rings (SSSR count). The second-order valence-electron chi connectivity index (χ2n) is 9.50. The number of imidazole rings is 2. The molecule has 186 valence electrons. The van der Waals surface area contributed by atoms with Crippen molar-refractivity contribution in [2.75, 3.05) is 0 Å². The first-order valence-corrected chi connectivity index (χ1v) is 14.5. The Morgan fingerprint density at radius 1 is 0.611 bits per heavy atom. The van der Waals surface area contributed by atoms with Crippen LogP contribution in [0, 0.1) is 0 Å². The van der Waals surface area contributed by atoms with Crippen molar-refractivity contribution in [3.63, 3.8) is 0 Å². The van der Waals surface area contributed by atoms with Crippen molar-refractivity contribution in [3.8, 4) is 0 Å². The SMILES string of the molecule is CCCCn1c(Cc2ccc(Br)cc2)nc2cc3nc(Cc4ccc(Br)cc4)n(CCCC)c3cc21. The Hall–Kier alpha value is -2.44. The summed E-state index contributed by atoms with van der Waals surface area (Å²) in [6.07, 6.45) is 6.25. The van der Waals surface area contributed by atoms with E-state index < -0.39 is 0 Å². The predicted octanol–water partition coefficient (Wildman–Crippen LogP) is 8.69. The summed E-state index contributed by atoms with van der Waals surface area (Å²) in [7, 11) is 0. The van der Waals surface area contributed by atoms with Crippen molar-refractivity contribution in [3.05, 3.63) is 92.4 Å². The van der Waals surface area contributed by atoms with Gasteiger partial charge in [-0.1, -0.05) is 82.8 Å². The number of benzene rings is 3. The zero-order valence-corrected chi connectivity index (χ0v) is 24.1. The second-order valence-corrected chi connectivity index (χ2v) is 11.3. The van der Waals surface area contributed by atoms with E-state index in [1.807, 2.05) is 0 Å². The molecule has 5 aromatic rings. The van der Waals surface area contributed by atoms with Crippen LogP contribution in [-0.4, -0.2) is 19.1 Å². The molecule has 3 aromatic carbocycles. The highest BCUT2D eigenvalue weighted by molar-refractivity contribution is 9.10. The highest BCUT2D eigenvalue weighted by Gasteiger charge is 2.17. The fraction of sp³-hybridized carbons (Fsp3) is 0.333. The Labute approximate surface area is 230 Å². The van der Waals surface area contributed by atoms with E-state index in [4.69, 9.17) is 9.97 Å². The Balaban J connectivity index is 1.59. The molecule has 0 aliphatic carbocycles. The maximum Gasteiger partial charge on any atom is 0.114 e. The third-order valence-electron chi connectivity index (χ3n) is 6.80. The number of aromatic nitrogens is 4. The molecular formula is C30H32Br2N4. The van der Waals surface area contributed by atoms with Crippen LogP contribution in [0.25, 0.3) is 22.1 Å². The number of rotatable bonds is 10. The third kappa shape index (κ3) is 5.45. The molecular weight excluding hydrogens is 576 g/mol. The first kappa shape index (κ1) is 25.2. The molecule has 0 saturated carbocycles. The van der Waals surface area contributed by atoms with E-state index in [0.717, 1.165) is 83.2 Å². The van der Waals surface area contributed by atoms with Gasteiger partial charge in [0.1, 0.15) is 11.6 Å². The molecule has 0 atom stereocenters. The van der Waals surface area contributed by atoms with E-state index >= 15 is 0 Å². The highest BCUT2D eigenvalue weighted by Crippen LogP contribution is 2.28. The van der Waals surface area contributed by atoms with Gasteiger partial charge in [0.15, 0.2) is 0 Å². The summed E-state index contributed by atoms with van der Waals surface area (Å²) >= 11 is 7.10. The van der Waals surface area contributed by atoms with Crippen LogP contribution in [0.5, 0.6) is 0 Å². The normalized spacial score (nSPS) is 11.7. The summed E-state index contributed by atoms with van der Waals surface area (Å²) in [5.74, 6) is 2.26. The van der Waals surface area contributed by atoms with Crippen molar-refractivity contribution in [2.45, 2.75) is 65.5 Å². The van der Waals surface area contributed by atoms with Gasteiger partial charge in [0.05, 0.1) is 22.1 Å². The van der Waals surface area contributed by atoms with Gasteiger partial charge in [0.25, 0.3) is 0 Å². The molecule has 0 bridgehead atoms. The lowest BCUT2D eigenvalue weighted by Crippen LogP contribution is -2.06. The average Bonchev–Trinajstić information content (AvgIpc) is 3.38. The molecule has 36 heavy (non-hydrogen) atoms. The molecule has 0 aliphatic rings. The van der Waals surface area contributed by atoms with Crippen LogP contribution in [0.3, 0.4) is 0 Å². The quantitative estimate of drug-likeness (QED) is 0.159. The number of hydrogen-bond donors (Lipinski definition) is 0. The minimum Gasteiger partial charge on any atom is -0.328 e. The Bertz CT molecular complexity index is 1350. The van der Waals surface area contributed by atoms with Gasteiger partial charge in [-0.2, -0.15) is 0 Å². The fourth-order valence-electron chi connectivity index (χ4n) is 4.81. The summed E-state index contributed by atoms with van der Waals surface area (Å²) in [4.78, 5) is 10.2. The molecule has 0 fully saturated rings. The first-order chi connectivity index (χ1) is 17.6. The molecule has 6 heteroatoms. The molecule has 0 aliphatic heterocycles. The van der Waals surface area contributed by atoms with Crippen LogP contribution < -0.4 is 0 Å². The van der Waals surface area contributed by atoms with Gasteiger partial charge in [-0.05, 0) is 60.4 Å². The molecule has 0 unspecified atom stereocenters. The molecule has 0 radical (unpaired) electrons. The molecule has 2 heterocycles. The molecule has 0 amide bonds. The van der Waals surface area contributed by atoms with Gasteiger partial charge in [-0.15, -0.1) is 0 Å². The molecule has 2 aromatic heterocycles. The first-order valence-electron chi connectivity index (χ1n) is 12.9. The number of aryl methyl sites for hydroxylation is 2. The molecule has 4 nitrogen and oxygen atoms in total. The van der Waals surface area contributed by atoms with Gasteiger partial charge in [0.2, 0.25) is 0 Å². The van der Waals surface area contributed by atoms with Gasteiger partial charge in [0, 0.05) is 34.9 Å². The van der Waals surface area contributed by atoms with Crippen molar-refractivity contribution in [1.82, 2.24) is 19.1 Å². The van der Waals surface area contributed by atoms with E-state index in [1.54, 1.807) is 0 Å². The smallest absolute Gasteiger partial charge is 0.114 e. The van der Waals surface area contributed by atoms with Crippen molar-refractivity contribution in [1.29, 1.82) is 0 Å². The number of unbranched alkanes of at least 4 members (excludes halogenated alkanes) is 2. The zero-order chi connectivity index (χ0) is 25.1. The van der Waals surface area contributed by atoms with Crippen LogP contribution in [0.15, 0.2) is 69.6 Å². The lowest BCUT2D eigenvalue weighted by atomic mass is 10.1. The summed E-state index contributed by atoms with van der Waals surface area (Å²) in [6, 6.07) is 21.7. The van der Waals surface area contributed by atoms with Gasteiger partial charge in [-0.25, -0.2) is 9.97 Å². The third-order valence-corrected chi connectivity index (χ3v) is 7.85. The maximum atomic E-state index is 5.12. The zero-order valence-electron chi connectivity index (χ0n) is 21.0. The van der Waals surface area contributed by atoms with Crippen molar-refractivity contribution >= 4 is 53.9 Å². The van der Waals surface area contributed by atoms with Crippen LogP contribution in [0.2, 0.25) is 0 Å². The van der Waals surface area contributed by atoms with E-state index in [-0.39, 0.29) is 0 Å². The molecule has 0 saturated heterocycles. The van der Waals surface area contributed by atoms with Crippen molar-refractivity contribution < 1.29 is 0 Å². The lowest BCUT2D eigenvalue weighted by Gasteiger charge is -2.11. The Morgan fingerprint density at radius 3 is 1.42 bits per heavy atom. The minimum atomic E-state index is 0.827. The van der Waals surface area contributed by atoms with Crippen LogP contribution in [0.4, 0.5) is 0 Å². The molecule has 0 spiro atoms. The summed E-state index contributed by atoms with van der Waals surface area (Å²) in [6.45, 7) is 6.47. The van der Waals surface area contributed by atoms with Crippen LogP contribution in [-0.2, 0) is 25.9 Å². The highest BCUT2D eigenvalue weighted by atomic mass is 79.9. The van der Waals surface area contributed by atoms with E-state index in [1.165, 1.54) is 22.2 Å². The summed E-state index contributed by atoms with van der Waals surface area (Å²) < 4.78 is 7.08. The monoisotopic (exact) mass is 606 g/mol. The predicted molar refractivity (Wildman–Crippen MR) is 157 cm³/mol. The topological polar surface area (TPSA) is 35.6 Å². The summed E-state index contributed by atoms with van der Waals surface area (Å²) in [5, 5.41) is 0. The molecule has 0 N–H and O–H groups in total. The largest absolute Gasteiger partial charge is 0.328 e. The lowest BCUT2D eigenvalue weighted by molar-refractivity contribution is 0.619. The van der Waals surface area contributed by atoms with Gasteiger partial charge >= 0.3 is 0 Å².